The van der Waals surface area contributed by atoms with Gasteiger partial charge >= 0.3 is 0 Å². The molecule has 0 amide bonds. The van der Waals surface area contributed by atoms with E-state index in [1.54, 1.807) is 6.20 Å². The van der Waals surface area contributed by atoms with E-state index in [2.05, 4.69) is 31.9 Å². The molecule has 4 heteroatoms. The third kappa shape index (κ3) is 1.51. The molecular weight excluding hydrogens is 248 g/mol. The first-order chi connectivity index (χ1) is 9.84. The summed E-state index contributed by atoms with van der Waals surface area (Å²) in [6, 6.07) is 16.2. The van der Waals surface area contributed by atoms with Crippen LogP contribution in [0.4, 0.5) is 0 Å². The van der Waals surface area contributed by atoms with Crippen LogP contribution in [0.3, 0.4) is 0 Å². The third-order valence-electron chi connectivity index (χ3n) is 3.49. The van der Waals surface area contributed by atoms with Gasteiger partial charge in [-0.2, -0.15) is 5.10 Å². The number of fused-ring (bicyclic) bond motifs is 2. The average Bonchev–Trinajstić information content (AvgIpc) is 2.82. The maximum Gasteiger partial charge on any atom is 0.169 e. The van der Waals surface area contributed by atoms with Crippen molar-refractivity contribution in [1.82, 2.24) is 19.7 Å². The van der Waals surface area contributed by atoms with Gasteiger partial charge in [0.2, 0.25) is 0 Å². The number of aromatic nitrogens is 4. The molecule has 20 heavy (non-hydrogen) atoms. The first-order valence-corrected chi connectivity index (χ1v) is 6.49. The minimum absolute atomic E-state index is 0.828. The highest BCUT2D eigenvalue weighted by atomic mass is 15.2. The average molecular weight is 260 g/mol. The van der Waals surface area contributed by atoms with Crippen molar-refractivity contribution in [2.24, 2.45) is 0 Å². The highest BCUT2D eigenvalue weighted by Crippen LogP contribution is 2.24. The zero-order chi connectivity index (χ0) is 13.5. The first kappa shape index (κ1) is 11.1. The van der Waals surface area contributed by atoms with Gasteiger partial charge in [-0.3, -0.25) is 4.57 Å². The predicted octanol–water partition coefficient (Wildman–Crippen LogP) is 3.28. The molecule has 0 bridgehead atoms. The summed E-state index contributed by atoms with van der Waals surface area (Å²) in [7, 11) is 0. The number of hydrogen-bond acceptors (Lipinski definition) is 3. The molecule has 0 radical (unpaired) electrons. The quantitative estimate of drug-likeness (QED) is 0.527. The van der Waals surface area contributed by atoms with E-state index >= 15 is 0 Å². The lowest BCUT2D eigenvalue weighted by molar-refractivity contribution is 0.912. The molecule has 0 N–H and O–H groups in total. The Morgan fingerprint density at radius 3 is 2.70 bits per heavy atom. The zero-order valence-corrected chi connectivity index (χ0v) is 11.0. The fourth-order valence-corrected chi connectivity index (χ4v) is 2.59. The lowest BCUT2D eigenvalue weighted by Crippen LogP contribution is -2.02. The maximum atomic E-state index is 4.59. The van der Waals surface area contributed by atoms with Crippen molar-refractivity contribution in [2.75, 3.05) is 0 Å². The molecular formula is C16H12N4. The Labute approximate surface area is 115 Å². The second kappa shape index (κ2) is 4.13. The number of rotatable bonds is 1. The molecule has 0 saturated carbocycles. The fraction of sp³-hybridized carbons (Fsp3) is 0.0625. The van der Waals surface area contributed by atoms with E-state index in [1.807, 2.05) is 43.3 Å². The van der Waals surface area contributed by atoms with Crippen LogP contribution < -0.4 is 0 Å². The molecule has 2 heterocycles. The molecule has 2 aromatic heterocycles. The minimum atomic E-state index is 0.828. The molecule has 0 atom stereocenters. The summed E-state index contributed by atoms with van der Waals surface area (Å²) in [6.07, 6.45) is 1.79. The topological polar surface area (TPSA) is 43.6 Å². The standard InChI is InChI=1S/C16H12N4/c1-11-18-14-8-4-5-9-15(14)20(11)16-13-7-3-2-6-12(13)10-17-19-16/h2-10H,1H3. The van der Waals surface area contributed by atoms with Crippen molar-refractivity contribution >= 4 is 21.8 Å². The van der Waals surface area contributed by atoms with Crippen LogP contribution in [0.5, 0.6) is 0 Å². The van der Waals surface area contributed by atoms with Crippen molar-refractivity contribution in [3.63, 3.8) is 0 Å². The van der Waals surface area contributed by atoms with Gasteiger partial charge < -0.3 is 0 Å². The van der Waals surface area contributed by atoms with Gasteiger partial charge in [-0.05, 0) is 19.1 Å². The SMILES string of the molecule is Cc1nc2ccccc2n1-c1nncc2ccccc12. The van der Waals surface area contributed by atoms with E-state index in [0.29, 0.717) is 0 Å². The van der Waals surface area contributed by atoms with Crippen LogP contribution in [0.2, 0.25) is 0 Å². The van der Waals surface area contributed by atoms with Crippen molar-refractivity contribution in [1.29, 1.82) is 0 Å². The Hall–Kier alpha value is -2.75. The number of aryl methyl sites for hydroxylation is 1. The Morgan fingerprint density at radius 2 is 1.75 bits per heavy atom. The summed E-state index contributed by atoms with van der Waals surface area (Å²) in [5.74, 6) is 1.74. The van der Waals surface area contributed by atoms with Crippen LogP contribution in [-0.2, 0) is 0 Å². The fourth-order valence-electron chi connectivity index (χ4n) is 2.59. The summed E-state index contributed by atoms with van der Waals surface area (Å²) in [5.41, 5.74) is 2.02. The van der Waals surface area contributed by atoms with E-state index in [1.165, 1.54) is 0 Å². The van der Waals surface area contributed by atoms with Gasteiger partial charge in [-0.25, -0.2) is 4.98 Å². The second-order valence-electron chi connectivity index (χ2n) is 4.74. The largest absolute Gasteiger partial charge is 0.279 e. The van der Waals surface area contributed by atoms with Crippen molar-refractivity contribution in [3.8, 4) is 5.82 Å². The van der Waals surface area contributed by atoms with Crippen LogP contribution in [0, 0.1) is 6.92 Å². The third-order valence-corrected chi connectivity index (χ3v) is 3.49. The molecule has 2 aromatic carbocycles. The first-order valence-electron chi connectivity index (χ1n) is 6.49. The van der Waals surface area contributed by atoms with Gasteiger partial charge in [0.15, 0.2) is 5.82 Å². The molecule has 0 aliphatic carbocycles. The summed E-state index contributed by atoms with van der Waals surface area (Å²) >= 11 is 0. The highest BCUT2D eigenvalue weighted by molar-refractivity contribution is 5.90. The zero-order valence-electron chi connectivity index (χ0n) is 11.0. The Bertz CT molecular complexity index is 919. The normalized spacial score (nSPS) is 11.2. The van der Waals surface area contributed by atoms with E-state index < -0.39 is 0 Å². The van der Waals surface area contributed by atoms with E-state index in [-0.39, 0.29) is 0 Å². The summed E-state index contributed by atoms with van der Waals surface area (Å²) in [4.78, 5) is 4.59. The van der Waals surface area contributed by atoms with E-state index in [0.717, 1.165) is 33.4 Å². The maximum absolute atomic E-state index is 4.59. The molecule has 0 aliphatic rings. The van der Waals surface area contributed by atoms with Crippen molar-refractivity contribution < 1.29 is 0 Å². The second-order valence-corrected chi connectivity index (χ2v) is 4.74. The molecule has 4 nitrogen and oxygen atoms in total. The number of hydrogen-bond donors (Lipinski definition) is 0. The van der Waals surface area contributed by atoms with Crippen LogP contribution in [-0.4, -0.2) is 19.7 Å². The molecule has 0 spiro atoms. The van der Waals surface area contributed by atoms with Crippen LogP contribution in [0.15, 0.2) is 54.7 Å². The number of benzene rings is 2. The molecule has 0 fully saturated rings. The van der Waals surface area contributed by atoms with Gasteiger partial charge in [0.1, 0.15) is 5.82 Å². The lowest BCUT2D eigenvalue weighted by atomic mass is 10.2. The molecule has 96 valence electrons. The number of para-hydroxylation sites is 2. The summed E-state index contributed by atoms with van der Waals surface area (Å²) < 4.78 is 2.06. The lowest BCUT2D eigenvalue weighted by Gasteiger charge is -2.08. The monoisotopic (exact) mass is 260 g/mol. The smallest absolute Gasteiger partial charge is 0.169 e. The Balaban J connectivity index is 2.14. The number of nitrogens with zero attached hydrogens (tertiary/aromatic N) is 4. The van der Waals surface area contributed by atoms with Crippen molar-refractivity contribution in [2.45, 2.75) is 6.92 Å². The Morgan fingerprint density at radius 1 is 0.950 bits per heavy atom. The summed E-state index contributed by atoms with van der Waals surface area (Å²) in [6.45, 7) is 1.99. The molecule has 0 saturated heterocycles. The van der Waals surface area contributed by atoms with Crippen molar-refractivity contribution in [3.05, 3.63) is 60.6 Å². The molecule has 0 aliphatic heterocycles. The van der Waals surface area contributed by atoms with Gasteiger partial charge in [-0.15, -0.1) is 5.10 Å². The highest BCUT2D eigenvalue weighted by Gasteiger charge is 2.12. The van der Waals surface area contributed by atoms with Crippen LogP contribution >= 0.6 is 0 Å². The summed E-state index contributed by atoms with van der Waals surface area (Å²) in [5, 5.41) is 10.6. The van der Waals surface area contributed by atoms with Gasteiger partial charge in [0.25, 0.3) is 0 Å². The van der Waals surface area contributed by atoms with Gasteiger partial charge in [0, 0.05) is 10.8 Å². The van der Waals surface area contributed by atoms with E-state index in [4.69, 9.17) is 0 Å². The van der Waals surface area contributed by atoms with Crippen LogP contribution in [0.25, 0.3) is 27.6 Å². The molecule has 4 aromatic rings. The predicted molar refractivity (Wildman–Crippen MR) is 78.9 cm³/mol. The Kier molecular flexibility index (Phi) is 2.29. The molecule has 4 rings (SSSR count). The number of imidazole rings is 1. The van der Waals surface area contributed by atoms with E-state index in [9.17, 15) is 0 Å². The van der Waals surface area contributed by atoms with Gasteiger partial charge in [0.05, 0.1) is 17.2 Å². The minimum Gasteiger partial charge on any atom is -0.279 e. The van der Waals surface area contributed by atoms with Gasteiger partial charge in [-0.1, -0.05) is 36.4 Å². The van der Waals surface area contributed by atoms with Crippen LogP contribution in [0.1, 0.15) is 5.82 Å². The molecule has 0 unspecified atom stereocenters.